The number of nitrogens with zero attached hydrogens (tertiary/aromatic N) is 1. The van der Waals surface area contributed by atoms with E-state index in [1.807, 2.05) is 0 Å². The van der Waals surface area contributed by atoms with E-state index < -0.39 is 18.1 Å². The van der Waals surface area contributed by atoms with Gasteiger partial charge < -0.3 is 28.6 Å². The maximum atomic E-state index is 12.6. The van der Waals surface area contributed by atoms with Gasteiger partial charge in [0, 0.05) is 19.3 Å². The molecule has 2 unspecified atom stereocenters. The van der Waals surface area contributed by atoms with Gasteiger partial charge in [0.2, 0.25) is 0 Å². The standard InChI is InChI=1S/C41H75NO7/c1-6-8-10-12-14-16-17-18-19-20-21-22-24-26-28-30-32-40(44)49-37(35-47-34-33-38(41(45)46)42(3,4)5)36-48-39(43)31-29-27-25-23-15-13-11-9-7-2/h16-17,19-20,37-38H,6-15,18,21-36H2,1-5H3/b17-16-,20-19-. The highest BCUT2D eigenvalue weighted by Gasteiger charge is 2.25. The number of allylic oxidation sites excluding steroid dienone is 4. The van der Waals surface area contributed by atoms with Crippen LogP contribution in [0.15, 0.2) is 24.3 Å². The van der Waals surface area contributed by atoms with Crippen LogP contribution in [0.25, 0.3) is 0 Å². The van der Waals surface area contributed by atoms with Gasteiger partial charge in [0.15, 0.2) is 6.10 Å². The summed E-state index contributed by atoms with van der Waals surface area (Å²) in [5, 5.41) is 11.6. The van der Waals surface area contributed by atoms with Gasteiger partial charge in [0.05, 0.1) is 40.3 Å². The second-order valence-electron chi connectivity index (χ2n) is 14.5. The van der Waals surface area contributed by atoms with Crippen molar-refractivity contribution in [3.63, 3.8) is 0 Å². The monoisotopic (exact) mass is 694 g/mol. The van der Waals surface area contributed by atoms with Gasteiger partial charge in [-0.1, -0.05) is 128 Å². The van der Waals surface area contributed by atoms with Gasteiger partial charge in [0.25, 0.3) is 0 Å². The van der Waals surface area contributed by atoms with E-state index in [0.717, 1.165) is 64.2 Å². The zero-order valence-corrected chi connectivity index (χ0v) is 32.4. The summed E-state index contributed by atoms with van der Waals surface area (Å²) in [6.07, 6.45) is 33.4. The molecule has 0 radical (unpaired) electrons. The Morgan fingerprint density at radius 1 is 0.612 bits per heavy atom. The fourth-order valence-electron chi connectivity index (χ4n) is 5.69. The summed E-state index contributed by atoms with van der Waals surface area (Å²) in [4.78, 5) is 36.6. The molecular formula is C41H75NO7. The molecule has 0 amide bonds. The molecule has 49 heavy (non-hydrogen) atoms. The molecule has 0 bridgehead atoms. The molecule has 0 aromatic carbocycles. The maximum Gasteiger partial charge on any atom is 0.306 e. The normalized spacial score (nSPS) is 13.2. The first-order valence-electron chi connectivity index (χ1n) is 19.9. The minimum atomic E-state index is -1.13. The summed E-state index contributed by atoms with van der Waals surface area (Å²) >= 11 is 0. The summed E-state index contributed by atoms with van der Waals surface area (Å²) in [5.74, 6) is -1.75. The Balaban J connectivity index is 4.40. The quantitative estimate of drug-likeness (QED) is 0.0283. The first kappa shape index (κ1) is 46.8. The van der Waals surface area contributed by atoms with Gasteiger partial charge in [-0.25, -0.2) is 0 Å². The van der Waals surface area contributed by atoms with Crippen molar-refractivity contribution >= 4 is 17.9 Å². The van der Waals surface area contributed by atoms with Crippen LogP contribution >= 0.6 is 0 Å². The number of quaternary nitrogens is 1. The van der Waals surface area contributed by atoms with Crippen LogP contribution in [0.3, 0.4) is 0 Å². The van der Waals surface area contributed by atoms with Crippen molar-refractivity contribution in [1.29, 1.82) is 0 Å². The molecule has 0 aromatic heterocycles. The second kappa shape index (κ2) is 33.0. The van der Waals surface area contributed by atoms with E-state index in [1.54, 1.807) is 21.1 Å². The lowest BCUT2D eigenvalue weighted by Crippen LogP contribution is -2.55. The number of carbonyl (C=O) groups is 3. The first-order chi connectivity index (χ1) is 23.6. The van der Waals surface area contributed by atoms with Crippen LogP contribution in [0.4, 0.5) is 0 Å². The lowest BCUT2D eigenvalue weighted by atomic mass is 10.1. The van der Waals surface area contributed by atoms with Crippen molar-refractivity contribution in [3.8, 4) is 0 Å². The molecule has 8 heteroatoms. The first-order valence-corrected chi connectivity index (χ1v) is 19.9. The predicted molar refractivity (Wildman–Crippen MR) is 199 cm³/mol. The Hall–Kier alpha value is -2.19. The average Bonchev–Trinajstić information content (AvgIpc) is 3.05. The average molecular weight is 694 g/mol. The van der Waals surface area contributed by atoms with E-state index in [4.69, 9.17) is 14.2 Å². The minimum absolute atomic E-state index is 0.0379. The summed E-state index contributed by atoms with van der Waals surface area (Å²) in [7, 11) is 5.39. The summed E-state index contributed by atoms with van der Waals surface area (Å²) < 4.78 is 17.1. The summed E-state index contributed by atoms with van der Waals surface area (Å²) in [6, 6.07) is -0.724. The van der Waals surface area contributed by atoms with Crippen molar-refractivity contribution in [2.45, 2.75) is 180 Å². The fourth-order valence-corrected chi connectivity index (χ4v) is 5.69. The van der Waals surface area contributed by atoms with E-state index in [2.05, 4.69) is 38.2 Å². The molecular weight excluding hydrogens is 618 g/mol. The van der Waals surface area contributed by atoms with E-state index in [1.165, 1.54) is 70.6 Å². The zero-order chi connectivity index (χ0) is 36.4. The smallest absolute Gasteiger partial charge is 0.306 e. The van der Waals surface area contributed by atoms with E-state index in [-0.39, 0.29) is 42.7 Å². The van der Waals surface area contributed by atoms with Crippen molar-refractivity contribution in [1.82, 2.24) is 0 Å². The van der Waals surface area contributed by atoms with Gasteiger partial charge in [0.1, 0.15) is 12.6 Å². The molecule has 0 N–H and O–H groups in total. The number of esters is 2. The molecule has 0 heterocycles. The molecule has 0 saturated carbocycles. The SMILES string of the molecule is CCCCCC/C=C\C/C=C\CCCCCCCC(=O)OC(COCCC(C(=O)[O-])[N+](C)(C)C)COC(=O)CCCCCCCCCCC. The van der Waals surface area contributed by atoms with Gasteiger partial charge in [-0.05, 0) is 44.9 Å². The Bertz CT molecular complexity index is 864. The Kier molecular flexibility index (Phi) is 31.5. The number of carboxylic acid groups (broad SMARTS) is 1. The van der Waals surface area contributed by atoms with Crippen LogP contribution in [-0.2, 0) is 28.6 Å². The number of aliphatic carboxylic acids is 1. The van der Waals surface area contributed by atoms with Crippen LogP contribution in [0.2, 0.25) is 0 Å². The van der Waals surface area contributed by atoms with Gasteiger partial charge in [-0.3, -0.25) is 9.59 Å². The van der Waals surface area contributed by atoms with Crippen LogP contribution in [0, 0.1) is 0 Å². The second-order valence-corrected chi connectivity index (χ2v) is 14.5. The van der Waals surface area contributed by atoms with Crippen molar-refractivity contribution in [2.75, 3.05) is 41.0 Å². The number of carboxylic acids is 1. The number of hydrogen-bond donors (Lipinski definition) is 0. The number of likely N-dealkylation sites (N-methyl/N-ethyl adjacent to an activating group) is 1. The molecule has 0 fully saturated rings. The number of hydrogen-bond acceptors (Lipinski definition) is 7. The topological polar surface area (TPSA) is 102 Å². The Morgan fingerprint density at radius 3 is 1.59 bits per heavy atom. The molecule has 286 valence electrons. The molecule has 0 aliphatic carbocycles. The lowest BCUT2D eigenvalue weighted by Gasteiger charge is -2.34. The number of rotatable bonds is 35. The predicted octanol–water partition coefficient (Wildman–Crippen LogP) is 8.80. The third kappa shape index (κ3) is 31.5. The van der Waals surface area contributed by atoms with Crippen molar-refractivity contribution < 1.29 is 38.2 Å². The molecule has 8 nitrogen and oxygen atoms in total. The van der Waals surface area contributed by atoms with Gasteiger partial charge >= 0.3 is 11.9 Å². The summed E-state index contributed by atoms with van der Waals surface area (Å²) in [5.41, 5.74) is 0. The van der Waals surface area contributed by atoms with E-state index in [0.29, 0.717) is 12.8 Å². The summed E-state index contributed by atoms with van der Waals surface area (Å²) in [6.45, 7) is 4.60. The third-order valence-electron chi connectivity index (χ3n) is 8.84. The van der Waals surface area contributed by atoms with Gasteiger partial charge in [-0.15, -0.1) is 0 Å². The molecule has 0 aliphatic rings. The zero-order valence-electron chi connectivity index (χ0n) is 32.4. The fraction of sp³-hybridized carbons (Fsp3) is 0.829. The number of carbonyl (C=O) groups excluding carboxylic acids is 3. The van der Waals surface area contributed by atoms with Crippen LogP contribution in [-0.4, -0.2) is 75.5 Å². The maximum absolute atomic E-state index is 12.6. The van der Waals surface area contributed by atoms with Crippen molar-refractivity contribution in [3.05, 3.63) is 24.3 Å². The highest BCUT2D eigenvalue weighted by atomic mass is 16.6. The van der Waals surface area contributed by atoms with E-state index in [9.17, 15) is 19.5 Å². The number of unbranched alkanes of at least 4 members (excludes halogenated alkanes) is 17. The van der Waals surface area contributed by atoms with Crippen molar-refractivity contribution in [2.24, 2.45) is 0 Å². The Labute approximate surface area is 301 Å². The van der Waals surface area contributed by atoms with E-state index >= 15 is 0 Å². The van der Waals surface area contributed by atoms with Crippen LogP contribution < -0.4 is 5.11 Å². The lowest BCUT2D eigenvalue weighted by molar-refractivity contribution is -0.889. The van der Waals surface area contributed by atoms with Crippen LogP contribution in [0.1, 0.15) is 168 Å². The largest absolute Gasteiger partial charge is 0.544 e. The Morgan fingerprint density at radius 2 is 1.08 bits per heavy atom. The molecule has 0 spiro atoms. The molecule has 0 aliphatic heterocycles. The minimum Gasteiger partial charge on any atom is -0.544 e. The highest BCUT2D eigenvalue weighted by molar-refractivity contribution is 5.70. The number of ether oxygens (including phenoxy) is 3. The highest BCUT2D eigenvalue weighted by Crippen LogP contribution is 2.13. The van der Waals surface area contributed by atoms with Crippen LogP contribution in [0.5, 0.6) is 0 Å². The third-order valence-corrected chi connectivity index (χ3v) is 8.84. The van der Waals surface area contributed by atoms with Gasteiger partial charge in [-0.2, -0.15) is 0 Å². The molecule has 0 saturated heterocycles. The molecule has 0 rings (SSSR count). The molecule has 2 atom stereocenters. The molecule has 0 aromatic rings.